The molecule has 0 spiro atoms. The van der Waals surface area contributed by atoms with Gasteiger partial charge in [0.05, 0.1) is 21.0 Å². The van der Waals surface area contributed by atoms with Gasteiger partial charge in [0.25, 0.3) is 5.91 Å². The lowest BCUT2D eigenvalue weighted by atomic mass is 10.2. The van der Waals surface area contributed by atoms with Crippen LogP contribution in [0.2, 0.25) is 5.02 Å². The number of nitrogens with zero attached hydrogens (tertiary/aromatic N) is 5. The highest BCUT2D eigenvalue weighted by Crippen LogP contribution is 2.25. The van der Waals surface area contributed by atoms with Gasteiger partial charge in [0, 0.05) is 45.5 Å². The van der Waals surface area contributed by atoms with E-state index in [1.807, 2.05) is 4.90 Å². The summed E-state index contributed by atoms with van der Waals surface area (Å²) in [6.07, 6.45) is 2.33. The molecule has 1 aliphatic rings. The zero-order valence-electron chi connectivity index (χ0n) is 18.2. The molecule has 0 radical (unpaired) electrons. The number of rotatable bonds is 6. The number of pyridine rings is 1. The van der Waals surface area contributed by atoms with Gasteiger partial charge < -0.3 is 9.80 Å². The molecule has 1 amide bonds. The van der Waals surface area contributed by atoms with Gasteiger partial charge >= 0.3 is 0 Å². The van der Waals surface area contributed by atoms with E-state index in [4.69, 9.17) is 11.6 Å². The van der Waals surface area contributed by atoms with Gasteiger partial charge in [-0.05, 0) is 36.8 Å². The van der Waals surface area contributed by atoms with Crippen molar-refractivity contribution in [1.82, 2.24) is 14.2 Å². The quantitative estimate of drug-likeness (QED) is 0.637. The summed E-state index contributed by atoms with van der Waals surface area (Å²) < 4.78 is 27.1. The number of amides is 1. The number of nitriles is 1. The van der Waals surface area contributed by atoms with Crippen LogP contribution in [-0.4, -0.2) is 67.8 Å². The molecule has 32 heavy (non-hydrogen) atoms. The van der Waals surface area contributed by atoms with E-state index in [-0.39, 0.29) is 21.4 Å². The largest absolute Gasteiger partial charge is 0.354 e. The fraction of sp³-hybridized carbons (Fsp3) is 0.409. The fourth-order valence-corrected chi connectivity index (χ4v) is 5.46. The molecule has 2 aromatic rings. The molecule has 0 aliphatic carbocycles. The number of carbonyl (C=O) groups excluding carboxylic acids is 1. The van der Waals surface area contributed by atoms with Crippen LogP contribution in [0.5, 0.6) is 0 Å². The number of halogens is 1. The van der Waals surface area contributed by atoms with Crippen molar-refractivity contribution in [2.24, 2.45) is 0 Å². The first kappa shape index (κ1) is 24.0. The van der Waals surface area contributed by atoms with Gasteiger partial charge in [-0.25, -0.2) is 13.4 Å². The minimum absolute atomic E-state index is 0.0533. The molecule has 0 N–H and O–H groups in total. The van der Waals surface area contributed by atoms with E-state index < -0.39 is 10.0 Å². The van der Waals surface area contributed by atoms with Crippen molar-refractivity contribution in [3.05, 3.63) is 52.7 Å². The van der Waals surface area contributed by atoms with Crippen LogP contribution in [0.1, 0.15) is 36.2 Å². The highest BCUT2D eigenvalue weighted by Gasteiger charge is 2.27. The van der Waals surface area contributed by atoms with Gasteiger partial charge in [-0.15, -0.1) is 0 Å². The highest BCUT2D eigenvalue weighted by atomic mass is 35.5. The molecule has 3 rings (SSSR count). The van der Waals surface area contributed by atoms with Crippen LogP contribution in [0.15, 0.2) is 41.4 Å². The second-order valence-corrected chi connectivity index (χ2v) is 9.70. The third kappa shape index (κ3) is 4.88. The third-order valence-corrected chi connectivity index (χ3v) is 7.88. The standard InChI is InChI=1S/C22H26ClN5O3S/c1-3-28(4-2)32(30,31)18-8-9-20(23)19(15-18)22(29)27-12-6-11-26(13-14-27)21-17(16-24)7-5-10-25-21/h5,7-10,15H,3-4,6,11-14H2,1-2H3. The molecule has 2 heterocycles. The number of anilines is 1. The van der Waals surface area contributed by atoms with Crippen molar-refractivity contribution in [3.8, 4) is 6.07 Å². The van der Waals surface area contributed by atoms with Gasteiger partial charge in [-0.2, -0.15) is 9.57 Å². The summed E-state index contributed by atoms with van der Waals surface area (Å²) in [5, 5.41) is 9.57. The predicted octanol–water partition coefficient (Wildman–Crippen LogP) is 2.99. The van der Waals surface area contributed by atoms with Gasteiger partial charge in [-0.1, -0.05) is 25.4 Å². The molecule has 10 heteroatoms. The lowest BCUT2D eigenvalue weighted by molar-refractivity contribution is 0.0767. The monoisotopic (exact) mass is 475 g/mol. The molecule has 1 aromatic carbocycles. The molecule has 0 bridgehead atoms. The lowest BCUT2D eigenvalue weighted by Crippen LogP contribution is -2.36. The Morgan fingerprint density at radius 3 is 2.62 bits per heavy atom. The maximum Gasteiger partial charge on any atom is 0.255 e. The average Bonchev–Trinajstić information content (AvgIpc) is 3.05. The highest BCUT2D eigenvalue weighted by molar-refractivity contribution is 7.89. The van der Waals surface area contributed by atoms with Crippen molar-refractivity contribution in [2.75, 3.05) is 44.2 Å². The number of aromatic nitrogens is 1. The first-order valence-electron chi connectivity index (χ1n) is 10.5. The van der Waals surface area contributed by atoms with E-state index >= 15 is 0 Å². The molecule has 170 valence electrons. The maximum absolute atomic E-state index is 13.3. The second-order valence-electron chi connectivity index (χ2n) is 7.35. The number of benzene rings is 1. The summed E-state index contributed by atoms with van der Waals surface area (Å²) in [5.74, 6) is 0.296. The summed E-state index contributed by atoms with van der Waals surface area (Å²) >= 11 is 6.30. The minimum Gasteiger partial charge on any atom is -0.354 e. The molecule has 1 aromatic heterocycles. The van der Waals surface area contributed by atoms with Crippen molar-refractivity contribution < 1.29 is 13.2 Å². The van der Waals surface area contributed by atoms with Crippen LogP contribution in [0, 0.1) is 11.3 Å². The number of hydrogen-bond acceptors (Lipinski definition) is 6. The molecule has 1 saturated heterocycles. The first-order chi connectivity index (χ1) is 15.3. The van der Waals surface area contributed by atoms with Crippen LogP contribution in [-0.2, 0) is 10.0 Å². The summed E-state index contributed by atoms with van der Waals surface area (Å²) in [5.41, 5.74) is 0.661. The van der Waals surface area contributed by atoms with Crippen molar-refractivity contribution in [3.63, 3.8) is 0 Å². The summed E-state index contributed by atoms with van der Waals surface area (Å²) in [4.78, 5) is 21.3. The average molecular weight is 476 g/mol. The Labute approximate surface area is 194 Å². The topological polar surface area (TPSA) is 97.6 Å². The third-order valence-electron chi connectivity index (χ3n) is 5.50. The van der Waals surface area contributed by atoms with E-state index in [0.29, 0.717) is 57.1 Å². The van der Waals surface area contributed by atoms with Crippen LogP contribution in [0.3, 0.4) is 0 Å². The molecule has 8 nitrogen and oxygen atoms in total. The van der Waals surface area contributed by atoms with Gasteiger partial charge in [0.15, 0.2) is 0 Å². The molecule has 0 atom stereocenters. The van der Waals surface area contributed by atoms with Crippen molar-refractivity contribution >= 4 is 33.3 Å². The smallest absolute Gasteiger partial charge is 0.255 e. The van der Waals surface area contributed by atoms with E-state index in [9.17, 15) is 18.5 Å². The fourth-order valence-electron chi connectivity index (χ4n) is 3.78. The first-order valence-corrected chi connectivity index (χ1v) is 12.3. The van der Waals surface area contributed by atoms with Gasteiger partial charge in [0.1, 0.15) is 11.9 Å². The van der Waals surface area contributed by atoms with E-state index in [2.05, 4.69) is 11.1 Å². The van der Waals surface area contributed by atoms with E-state index in [1.54, 1.807) is 37.1 Å². The minimum atomic E-state index is -3.71. The van der Waals surface area contributed by atoms with Crippen LogP contribution < -0.4 is 4.90 Å². The Morgan fingerprint density at radius 2 is 1.94 bits per heavy atom. The van der Waals surface area contributed by atoms with Crippen molar-refractivity contribution in [2.45, 2.75) is 25.2 Å². The zero-order chi connectivity index (χ0) is 23.3. The Kier molecular flexibility index (Phi) is 7.72. The SMILES string of the molecule is CCN(CC)S(=O)(=O)c1ccc(Cl)c(C(=O)N2CCCN(c3ncccc3C#N)CC2)c1. The molecular formula is C22H26ClN5O3S. The maximum atomic E-state index is 13.3. The number of hydrogen-bond donors (Lipinski definition) is 0. The lowest BCUT2D eigenvalue weighted by Gasteiger charge is -2.24. The zero-order valence-corrected chi connectivity index (χ0v) is 19.7. The van der Waals surface area contributed by atoms with Gasteiger partial charge in [0.2, 0.25) is 10.0 Å². The Bertz CT molecular complexity index is 1130. The van der Waals surface area contributed by atoms with Crippen LogP contribution >= 0.6 is 11.6 Å². The molecule has 0 unspecified atom stereocenters. The Balaban J connectivity index is 1.83. The summed E-state index contributed by atoms with van der Waals surface area (Å²) in [6.45, 7) is 6.27. The number of sulfonamides is 1. The van der Waals surface area contributed by atoms with Crippen molar-refractivity contribution in [1.29, 1.82) is 5.26 Å². The molecule has 0 saturated carbocycles. The van der Waals surface area contributed by atoms with E-state index in [0.717, 1.165) is 0 Å². The second kappa shape index (κ2) is 10.3. The Hall–Kier alpha value is -2.67. The predicted molar refractivity (Wildman–Crippen MR) is 123 cm³/mol. The normalized spacial score (nSPS) is 14.8. The van der Waals surface area contributed by atoms with E-state index in [1.165, 1.54) is 22.5 Å². The number of carbonyl (C=O) groups is 1. The summed E-state index contributed by atoms with van der Waals surface area (Å²) in [7, 11) is -3.71. The molecular weight excluding hydrogens is 450 g/mol. The Morgan fingerprint density at radius 1 is 1.19 bits per heavy atom. The van der Waals surface area contributed by atoms with Crippen LogP contribution in [0.25, 0.3) is 0 Å². The van der Waals surface area contributed by atoms with Gasteiger partial charge in [-0.3, -0.25) is 4.79 Å². The summed E-state index contributed by atoms with van der Waals surface area (Å²) in [6, 6.07) is 9.86. The van der Waals surface area contributed by atoms with Crippen LogP contribution in [0.4, 0.5) is 5.82 Å². The molecule has 1 aliphatic heterocycles. The molecule has 1 fully saturated rings.